The first-order chi connectivity index (χ1) is 10.0. The molecule has 112 valence electrons. The first kappa shape index (κ1) is 15.5. The van der Waals surface area contributed by atoms with Gasteiger partial charge in [0.2, 0.25) is 0 Å². The number of phenolic OH excluding ortho intramolecular Hbond substituents is 1. The number of aromatic hydroxyl groups is 1. The van der Waals surface area contributed by atoms with Crippen LogP contribution in [0.15, 0.2) is 48.5 Å². The molecule has 0 fully saturated rings. The molecule has 0 aliphatic rings. The Morgan fingerprint density at radius 2 is 1.86 bits per heavy atom. The second kappa shape index (κ2) is 7.20. The average Bonchev–Trinajstić information content (AvgIpc) is 2.46. The topological polar surface area (TPSA) is 52.5 Å². The molecule has 3 nitrogen and oxygen atoms in total. The number of phenols is 1. The van der Waals surface area contributed by atoms with E-state index in [1.54, 1.807) is 30.3 Å². The van der Waals surface area contributed by atoms with Crippen LogP contribution in [0.1, 0.15) is 30.6 Å². The lowest BCUT2D eigenvalue weighted by molar-refractivity contribution is 0.153. The molecule has 0 radical (unpaired) electrons. The first-order valence-electron chi connectivity index (χ1n) is 6.99. The van der Waals surface area contributed by atoms with Crippen LogP contribution in [0.3, 0.4) is 0 Å². The molecule has 2 aromatic carbocycles. The van der Waals surface area contributed by atoms with Gasteiger partial charge in [-0.15, -0.1) is 0 Å². The lowest BCUT2D eigenvalue weighted by atomic mass is 10.0. The predicted octanol–water partition coefficient (Wildman–Crippen LogP) is 3.13. The number of aliphatic hydroxyl groups is 1. The van der Waals surface area contributed by atoms with Crippen molar-refractivity contribution in [1.29, 1.82) is 0 Å². The molecule has 21 heavy (non-hydrogen) atoms. The highest BCUT2D eigenvalue weighted by Crippen LogP contribution is 2.19. The van der Waals surface area contributed by atoms with E-state index in [9.17, 15) is 14.6 Å². The molecule has 2 atom stereocenters. The van der Waals surface area contributed by atoms with Gasteiger partial charge in [0.05, 0.1) is 6.10 Å². The van der Waals surface area contributed by atoms with Crippen molar-refractivity contribution in [3.63, 3.8) is 0 Å². The number of rotatable bonds is 6. The van der Waals surface area contributed by atoms with E-state index in [4.69, 9.17) is 0 Å². The fraction of sp³-hybridized carbons (Fsp3) is 0.294. The molecule has 0 amide bonds. The van der Waals surface area contributed by atoms with Gasteiger partial charge >= 0.3 is 0 Å². The largest absolute Gasteiger partial charge is 0.508 e. The van der Waals surface area contributed by atoms with Gasteiger partial charge < -0.3 is 15.5 Å². The number of halogens is 1. The molecule has 2 rings (SSSR count). The zero-order valence-electron chi connectivity index (χ0n) is 12.0. The second-order valence-corrected chi connectivity index (χ2v) is 5.25. The molecule has 0 aliphatic carbocycles. The summed E-state index contributed by atoms with van der Waals surface area (Å²) in [4.78, 5) is 0. The summed E-state index contributed by atoms with van der Waals surface area (Å²) in [5.41, 5.74) is 1.69. The van der Waals surface area contributed by atoms with Crippen LogP contribution >= 0.6 is 0 Å². The molecule has 2 aromatic rings. The zero-order valence-corrected chi connectivity index (χ0v) is 12.0. The van der Waals surface area contributed by atoms with Crippen LogP contribution in [0.2, 0.25) is 0 Å². The third-order valence-electron chi connectivity index (χ3n) is 3.40. The smallest absolute Gasteiger partial charge is 0.123 e. The van der Waals surface area contributed by atoms with Crippen LogP contribution in [0.5, 0.6) is 5.75 Å². The third kappa shape index (κ3) is 4.85. The number of nitrogens with one attached hydrogen (secondary N) is 1. The second-order valence-electron chi connectivity index (χ2n) is 5.25. The van der Waals surface area contributed by atoms with Gasteiger partial charge in [0.25, 0.3) is 0 Å². The maximum absolute atomic E-state index is 12.8. The molecule has 0 aliphatic heterocycles. The molecule has 0 heterocycles. The number of aliphatic hydroxyl groups excluding tert-OH is 1. The summed E-state index contributed by atoms with van der Waals surface area (Å²) >= 11 is 0. The van der Waals surface area contributed by atoms with Crippen molar-refractivity contribution in [2.45, 2.75) is 32.0 Å². The van der Waals surface area contributed by atoms with Gasteiger partial charge in [-0.3, -0.25) is 0 Å². The molecule has 3 N–H and O–H groups in total. The summed E-state index contributed by atoms with van der Waals surface area (Å²) < 4.78 is 12.8. The first-order valence-corrected chi connectivity index (χ1v) is 6.99. The summed E-state index contributed by atoms with van der Waals surface area (Å²) in [5.74, 6) is -0.0608. The molecular weight excluding hydrogens is 269 g/mol. The maximum atomic E-state index is 12.8. The van der Waals surface area contributed by atoms with Gasteiger partial charge in [0, 0.05) is 12.6 Å². The fourth-order valence-corrected chi connectivity index (χ4v) is 2.20. The van der Waals surface area contributed by atoms with Crippen molar-refractivity contribution in [1.82, 2.24) is 5.32 Å². The summed E-state index contributed by atoms with van der Waals surface area (Å²) in [6.45, 7) is 2.60. The maximum Gasteiger partial charge on any atom is 0.123 e. The van der Waals surface area contributed by atoms with Crippen LogP contribution < -0.4 is 5.32 Å². The standard InChI is InChI=1S/C17H20FNO2/c1-12(19-11-13-3-2-4-16(20)10-13)9-17(21)14-5-7-15(18)8-6-14/h2-8,10,12,17,19-21H,9,11H2,1H3/t12-,17-/m0/s1. The predicted molar refractivity (Wildman–Crippen MR) is 80.4 cm³/mol. The lowest BCUT2D eigenvalue weighted by Crippen LogP contribution is -2.27. The third-order valence-corrected chi connectivity index (χ3v) is 3.40. The van der Waals surface area contributed by atoms with Crippen LogP contribution in [0.25, 0.3) is 0 Å². The quantitative estimate of drug-likeness (QED) is 0.766. The Hall–Kier alpha value is -1.91. The van der Waals surface area contributed by atoms with Crippen molar-refractivity contribution in [3.8, 4) is 5.75 Å². The molecule has 0 spiro atoms. The van der Waals surface area contributed by atoms with Crippen molar-refractivity contribution >= 4 is 0 Å². The van der Waals surface area contributed by atoms with E-state index < -0.39 is 6.10 Å². The molecule has 4 heteroatoms. The van der Waals surface area contributed by atoms with Crippen LogP contribution in [0.4, 0.5) is 4.39 Å². The number of hydrogen-bond donors (Lipinski definition) is 3. The summed E-state index contributed by atoms with van der Waals surface area (Å²) in [7, 11) is 0. The van der Waals surface area contributed by atoms with Crippen molar-refractivity contribution in [3.05, 3.63) is 65.5 Å². The van der Waals surface area contributed by atoms with E-state index in [0.717, 1.165) is 5.56 Å². The van der Waals surface area contributed by atoms with Gasteiger partial charge in [-0.25, -0.2) is 4.39 Å². The molecule has 0 bridgehead atoms. The number of hydrogen-bond acceptors (Lipinski definition) is 3. The lowest BCUT2D eigenvalue weighted by Gasteiger charge is -2.18. The number of benzene rings is 2. The van der Waals surface area contributed by atoms with Gasteiger partial charge in [-0.2, -0.15) is 0 Å². The highest BCUT2D eigenvalue weighted by molar-refractivity contribution is 5.27. The Bertz CT molecular complexity index is 571. The molecule has 0 saturated carbocycles. The van der Waals surface area contributed by atoms with Crippen LogP contribution in [-0.4, -0.2) is 16.3 Å². The van der Waals surface area contributed by atoms with Crippen molar-refractivity contribution < 1.29 is 14.6 Å². The van der Waals surface area contributed by atoms with E-state index in [0.29, 0.717) is 18.5 Å². The minimum atomic E-state index is -0.628. The fourth-order valence-electron chi connectivity index (χ4n) is 2.20. The van der Waals surface area contributed by atoms with Crippen molar-refractivity contribution in [2.24, 2.45) is 0 Å². The average molecular weight is 289 g/mol. The zero-order chi connectivity index (χ0) is 15.2. The Balaban J connectivity index is 1.83. The SMILES string of the molecule is C[C@@H](C[C@H](O)c1ccc(F)cc1)NCc1cccc(O)c1. The van der Waals surface area contributed by atoms with Gasteiger partial charge in [-0.1, -0.05) is 24.3 Å². The monoisotopic (exact) mass is 289 g/mol. The Labute approximate surface area is 124 Å². The summed E-state index contributed by atoms with van der Waals surface area (Å²) in [5, 5.41) is 22.8. The Kier molecular flexibility index (Phi) is 5.31. The van der Waals surface area contributed by atoms with E-state index in [1.807, 2.05) is 13.0 Å². The summed E-state index contributed by atoms with van der Waals surface area (Å²) in [6, 6.07) is 13.0. The minimum Gasteiger partial charge on any atom is -0.508 e. The highest BCUT2D eigenvalue weighted by Gasteiger charge is 2.12. The van der Waals surface area contributed by atoms with Gasteiger partial charge in [-0.05, 0) is 48.7 Å². The Morgan fingerprint density at radius 1 is 1.14 bits per heavy atom. The summed E-state index contributed by atoms with van der Waals surface area (Å²) in [6.07, 6.45) is -0.0953. The van der Waals surface area contributed by atoms with Crippen LogP contribution in [-0.2, 0) is 6.54 Å². The van der Waals surface area contributed by atoms with Crippen LogP contribution in [0, 0.1) is 5.82 Å². The molecule has 0 saturated heterocycles. The molecular formula is C17H20FNO2. The van der Waals surface area contributed by atoms with E-state index in [-0.39, 0.29) is 17.6 Å². The minimum absolute atomic E-state index is 0.0902. The highest BCUT2D eigenvalue weighted by atomic mass is 19.1. The molecule has 0 aromatic heterocycles. The van der Waals surface area contributed by atoms with E-state index in [1.165, 1.54) is 12.1 Å². The van der Waals surface area contributed by atoms with Gasteiger partial charge in [0.1, 0.15) is 11.6 Å². The molecule has 0 unspecified atom stereocenters. The van der Waals surface area contributed by atoms with E-state index >= 15 is 0 Å². The van der Waals surface area contributed by atoms with E-state index in [2.05, 4.69) is 5.32 Å². The van der Waals surface area contributed by atoms with Crippen molar-refractivity contribution in [2.75, 3.05) is 0 Å². The van der Waals surface area contributed by atoms with Gasteiger partial charge in [0.15, 0.2) is 0 Å². The Morgan fingerprint density at radius 3 is 2.52 bits per heavy atom. The normalized spacial score (nSPS) is 13.9.